The number of carbonyl (C=O) groups is 5. The maximum Gasteiger partial charge on any atom is 0.245 e. The van der Waals surface area contributed by atoms with Crippen LogP contribution in [0.1, 0.15) is 40.0 Å². The first kappa shape index (κ1) is 25.9. The van der Waals surface area contributed by atoms with E-state index in [4.69, 9.17) is 4.74 Å². The van der Waals surface area contributed by atoms with Crippen molar-refractivity contribution in [3.8, 4) is 0 Å². The van der Waals surface area contributed by atoms with Crippen molar-refractivity contribution < 1.29 is 28.7 Å². The minimum Gasteiger partial charge on any atom is -0.382 e. The van der Waals surface area contributed by atoms with Gasteiger partial charge in [-0.1, -0.05) is 20.8 Å². The van der Waals surface area contributed by atoms with Gasteiger partial charge in [-0.3, -0.25) is 28.9 Å². The quantitative estimate of drug-likeness (QED) is 0.258. The molecule has 0 spiro atoms. The average Bonchev–Trinajstić information content (AvgIpc) is 2.99. The van der Waals surface area contributed by atoms with Crippen molar-refractivity contribution >= 4 is 42.2 Å². The van der Waals surface area contributed by atoms with E-state index in [0.29, 0.717) is 0 Å². The fraction of sp³-hybridized carbons (Fsp3) is 0.737. The molecule has 0 saturated carbocycles. The Bertz CT molecular complexity index is 662. The summed E-state index contributed by atoms with van der Waals surface area (Å²) in [4.78, 5) is 61.8. The van der Waals surface area contributed by atoms with Crippen LogP contribution in [0, 0.1) is 5.41 Å². The first-order valence-electron chi connectivity index (χ1n) is 9.74. The standard InChI is InChI=1S/C19H32N4O6S/c1-19(2,3)15(18(28)20-4)22-16(26)11(10-29-5)21-17(27)12(30)8-9-23-13(24)6-7-14(23)25/h11-12,15,30H,6-10H2,1-5H3,(H,20,28)(H,21,27)(H,22,26)/t11-,12?,15+/m0/s1. The van der Waals surface area contributed by atoms with Crippen molar-refractivity contribution in [2.45, 2.75) is 57.4 Å². The SMILES string of the molecule is CNC(=O)[C@@H](NC(=O)[C@H](COC)NC(=O)C(S)CCN1C(=O)CCC1=O)C(C)(C)C. The number of ether oxygens (including phenoxy) is 1. The minimum atomic E-state index is -1.04. The van der Waals surface area contributed by atoms with E-state index in [2.05, 4.69) is 28.6 Å². The maximum absolute atomic E-state index is 12.7. The molecule has 10 nitrogen and oxygen atoms in total. The van der Waals surface area contributed by atoms with Crippen molar-refractivity contribution in [3.05, 3.63) is 0 Å². The van der Waals surface area contributed by atoms with Gasteiger partial charge in [-0.05, 0) is 11.8 Å². The molecule has 11 heteroatoms. The van der Waals surface area contributed by atoms with Crippen LogP contribution in [0.5, 0.6) is 0 Å². The molecule has 30 heavy (non-hydrogen) atoms. The minimum absolute atomic E-state index is 0.0865. The van der Waals surface area contributed by atoms with Crippen molar-refractivity contribution in [2.75, 3.05) is 27.3 Å². The number of nitrogens with zero attached hydrogens (tertiary/aromatic N) is 1. The number of thiol groups is 1. The summed E-state index contributed by atoms with van der Waals surface area (Å²) < 4.78 is 5.03. The summed E-state index contributed by atoms with van der Waals surface area (Å²) in [6, 6.07) is -1.85. The normalized spacial score (nSPS) is 17.3. The third-order valence-corrected chi connectivity index (χ3v) is 5.20. The van der Waals surface area contributed by atoms with E-state index in [1.54, 1.807) is 0 Å². The van der Waals surface area contributed by atoms with Gasteiger partial charge in [0.15, 0.2) is 0 Å². The van der Waals surface area contributed by atoms with Gasteiger partial charge in [0.1, 0.15) is 12.1 Å². The highest BCUT2D eigenvalue weighted by molar-refractivity contribution is 7.81. The van der Waals surface area contributed by atoms with Gasteiger partial charge in [-0.15, -0.1) is 0 Å². The van der Waals surface area contributed by atoms with Crippen molar-refractivity contribution in [3.63, 3.8) is 0 Å². The Morgan fingerprint density at radius 1 is 1.07 bits per heavy atom. The zero-order chi connectivity index (χ0) is 23.1. The number of methoxy groups -OCH3 is 1. The van der Waals surface area contributed by atoms with Crippen LogP contribution in [0.25, 0.3) is 0 Å². The number of amides is 5. The molecular weight excluding hydrogens is 412 g/mol. The first-order chi connectivity index (χ1) is 13.9. The van der Waals surface area contributed by atoms with E-state index in [0.717, 1.165) is 4.90 Å². The van der Waals surface area contributed by atoms with Gasteiger partial charge in [0.2, 0.25) is 29.5 Å². The van der Waals surface area contributed by atoms with Gasteiger partial charge in [0, 0.05) is 33.5 Å². The molecular formula is C19H32N4O6S. The fourth-order valence-corrected chi connectivity index (χ4v) is 3.12. The molecule has 3 atom stereocenters. The number of likely N-dealkylation sites (tertiary alicyclic amines) is 1. The topological polar surface area (TPSA) is 134 Å². The Morgan fingerprint density at radius 3 is 2.10 bits per heavy atom. The third kappa shape index (κ3) is 7.28. The Labute approximate surface area is 182 Å². The predicted octanol–water partition coefficient (Wildman–Crippen LogP) is -0.768. The lowest BCUT2D eigenvalue weighted by molar-refractivity contribution is -0.139. The summed E-state index contributed by atoms with van der Waals surface area (Å²) in [5.41, 5.74) is -0.557. The monoisotopic (exact) mass is 444 g/mol. The zero-order valence-electron chi connectivity index (χ0n) is 18.1. The predicted molar refractivity (Wildman–Crippen MR) is 113 cm³/mol. The molecule has 1 saturated heterocycles. The van der Waals surface area contributed by atoms with Gasteiger partial charge in [0.25, 0.3) is 0 Å². The molecule has 1 rings (SSSR count). The van der Waals surface area contributed by atoms with E-state index < -0.39 is 34.6 Å². The van der Waals surface area contributed by atoms with Crippen LogP contribution in [0.4, 0.5) is 0 Å². The second kappa shape index (κ2) is 11.3. The number of carbonyl (C=O) groups excluding carboxylic acids is 5. The highest BCUT2D eigenvalue weighted by Gasteiger charge is 2.35. The lowest BCUT2D eigenvalue weighted by atomic mass is 9.86. The smallest absolute Gasteiger partial charge is 0.245 e. The van der Waals surface area contributed by atoms with Crippen LogP contribution >= 0.6 is 12.6 Å². The molecule has 0 aliphatic carbocycles. The number of likely N-dealkylation sites (N-methyl/N-ethyl adjacent to an activating group) is 1. The Balaban J connectivity index is 2.73. The van der Waals surface area contributed by atoms with Gasteiger partial charge < -0.3 is 20.7 Å². The molecule has 1 fully saturated rings. The molecule has 1 unspecified atom stereocenters. The Morgan fingerprint density at radius 2 is 1.63 bits per heavy atom. The van der Waals surface area contributed by atoms with Crippen LogP contribution in [0.2, 0.25) is 0 Å². The van der Waals surface area contributed by atoms with E-state index >= 15 is 0 Å². The fourth-order valence-electron chi connectivity index (χ4n) is 2.93. The molecule has 1 heterocycles. The number of imide groups is 1. The number of rotatable bonds is 10. The lowest BCUT2D eigenvalue weighted by Gasteiger charge is -2.31. The van der Waals surface area contributed by atoms with Gasteiger partial charge in [-0.25, -0.2) is 0 Å². The van der Waals surface area contributed by atoms with Crippen LogP contribution < -0.4 is 16.0 Å². The van der Waals surface area contributed by atoms with Crippen LogP contribution in [-0.2, 0) is 28.7 Å². The molecule has 0 aromatic carbocycles. The van der Waals surface area contributed by atoms with E-state index in [9.17, 15) is 24.0 Å². The first-order valence-corrected chi connectivity index (χ1v) is 10.3. The molecule has 0 radical (unpaired) electrons. The van der Waals surface area contributed by atoms with E-state index in [1.807, 2.05) is 20.8 Å². The van der Waals surface area contributed by atoms with Crippen molar-refractivity contribution in [1.29, 1.82) is 0 Å². The summed E-state index contributed by atoms with van der Waals surface area (Å²) in [6.45, 7) is 5.40. The number of hydrogen-bond acceptors (Lipinski definition) is 7. The molecule has 170 valence electrons. The summed E-state index contributed by atoms with van der Waals surface area (Å²) in [7, 11) is 2.86. The second-order valence-electron chi connectivity index (χ2n) is 8.18. The average molecular weight is 445 g/mol. The molecule has 0 aromatic rings. The molecule has 1 aliphatic heterocycles. The number of nitrogens with one attached hydrogen (secondary N) is 3. The van der Waals surface area contributed by atoms with Crippen molar-refractivity contribution in [2.24, 2.45) is 5.41 Å². The van der Waals surface area contributed by atoms with Crippen molar-refractivity contribution in [1.82, 2.24) is 20.9 Å². The van der Waals surface area contributed by atoms with Crippen LogP contribution in [0.3, 0.4) is 0 Å². The Kier molecular flexibility index (Phi) is 9.76. The van der Waals surface area contributed by atoms with E-state index in [-0.39, 0.29) is 50.1 Å². The molecule has 5 amide bonds. The largest absolute Gasteiger partial charge is 0.382 e. The number of hydrogen-bond donors (Lipinski definition) is 4. The zero-order valence-corrected chi connectivity index (χ0v) is 19.0. The Hall–Kier alpha value is -2.14. The van der Waals surface area contributed by atoms with Crippen LogP contribution in [-0.4, -0.2) is 79.1 Å². The molecule has 0 aromatic heterocycles. The second-order valence-corrected chi connectivity index (χ2v) is 8.81. The van der Waals surface area contributed by atoms with Crippen LogP contribution in [0.15, 0.2) is 0 Å². The van der Waals surface area contributed by atoms with Gasteiger partial charge in [-0.2, -0.15) is 12.6 Å². The maximum atomic E-state index is 12.7. The summed E-state index contributed by atoms with van der Waals surface area (Å²) >= 11 is 4.23. The van der Waals surface area contributed by atoms with Gasteiger partial charge in [0.05, 0.1) is 11.9 Å². The third-order valence-electron chi connectivity index (χ3n) is 4.71. The lowest BCUT2D eigenvalue weighted by Crippen LogP contribution is -2.59. The summed E-state index contributed by atoms with van der Waals surface area (Å²) in [5, 5.41) is 6.89. The molecule has 1 aliphatic rings. The molecule has 3 N–H and O–H groups in total. The molecule has 0 bridgehead atoms. The summed E-state index contributed by atoms with van der Waals surface area (Å²) in [5.74, 6) is -1.99. The van der Waals surface area contributed by atoms with E-state index in [1.165, 1.54) is 14.2 Å². The summed E-state index contributed by atoms with van der Waals surface area (Å²) in [6.07, 6.45) is 0.508. The highest BCUT2D eigenvalue weighted by atomic mass is 32.1. The van der Waals surface area contributed by atoms with Gasteiger partial charge >= 0.3 is 0 Å². The highest BCUT2D eigenvalue weighted by Crippen LogP contribution is 2.19.